The van der Waals surface area contributed by atoms with Gasteiger partial charge in [-0.3, -0.25) is 4.79 Å². The molecule has 0 saturated heterocycles. The Morgan fingerprint density at radius 2 is 1.67 bits per heavy atom. The summed E-state index contributed by atoms with van der Waals surface area (Å²) < 4.78 is 10.4. The summed E-state index contributed by atoms with van der Waals surface area (Å²) in [5.74, 6) is 1.02. The summed E-state index contributed by atoms with van der Waals surface area (Å²) in [7, 11) is 2.98. The Balaban J connectivity index is 2.91. The molecule has 0 aliphatic carbocycles. The van der Waals surface area contributed by atoms with E-state index >= 15 is 0 Å². The maximum absolute atomic E-state index is 12.5. The number of hydrogen-bond acceptors (Lipinski definition) is 4. The van der Waals surface area contributed by atoms with Crippen LogP contribution < -0.4 is 14.9 Å². The first-order valence-electron chi connectivity index (χ1n) is 11.6. The number of methoxy groups -OCH3 is 2. The van der Waals surface area contributed by atoms with E-state index in [1.807, 2.05) is 13.8 Å². The number of aromatic nitrogens is 1. The second-order valence-electron chi connectivity index (χ2n) is 9.42. The van der Waals surface area contributed by atoms with Crippen molar-refractivity contribution >= 4 is 0 Å². The summed E-state index contributed by atoms with van der Waals surface area (Å²) in [6.07, 6.45) is 9.53. The minimum atomic E-state index is -0.468. The highest BCUT2D eigenvalue weighted by molar-refractivity contribution is 5.40. The average Bonchev–Trinajstić information content (AvgIpc) is 2.72. The molecule has 5 heteroatoms. The summed E-state index contributed by atoms with van der Waals surface area (Å²) in [4.78, 5) is 15.7. The largest absolute Gasteiger partial charge is 0.488 e. The fourth-order valence-electron chi connectivity index (χ4n) is 4.05. The minimum absolute atomic E-state index is 0.0468. The molecule has 0 amide bonds. The lowest BCUT2D eigenvalue weighted by molar-refractivity contribution is 0.172. The Morgan fingerprint density at radius 3 is 2.21 bits per heavy atom. The first-order chi connectivity index (χ1) is 15.4. The van der Waals surface area contributed by atoms with Gasteiger partial charge in [0, 0.05) is 23.6 Å². The fraction of sp³-hybridized carbons (Fsp3) is 0.536. The zero-order valence-electron chi connectivity index (χ0n) is 22.1. The number of pyridine rings is 1. The van der Waals surface area contributed by atoms with E-state index in [2.05, 4.69) is 63.9 Å². The predicted octanol–water partition coefficient (Wildman–Crippen LogP) is 6.07. The van der Waals surface area contributed by atoms with Gasteiger partial charge in [0.2, 0.25) is 17.1 Å². The van der Waals surface area contributed by atoms with E-state index in [1.54, 1.807) is 6.92 Å². The van der Waals surface area contributed by atoms with Crippen LogP contribution in [-0.2, 0) is 6.42 Å². The lowest BCUT2D eigenvalue weighted by Gasteiger charge is -2.18. The molecular formula is C28H43NO4. The van der Waals surface area contributed by atoms with Crippen LogP contribution in [0.25, 0.3) is 0 Å². The third-order valence-electron chi connectivity index (χ3n) is 5.65. The lowest BCUT2D eigenvalue weighted by atomic mass is 9.93. The van der Waals surface area contributed by atoms with Gasteiger partial charge >= 0.3 is 0 Å². The normalized spacial score (nSPS) is 15.6. The number of rotatable bonds is 11. The van der Waals surface area contributed by atoms with Crippen LogP contribution in [0.5, 0.6) is 11.6 Å². The summed E-state index contributed by atoms with van der Waals surface area (Å²) in [6.45, 7) is 16.4. The van der Waals surface area contributed by atoms with Crippen LogP contribution in [-0.4, -0.2) is 30.4 Å². The van der Waals surface area contributed by atoms with Gasteiger partial charge in [0.25, 0.3) is 0 Å². The van der Waals surface area contributed by atoms with Crippen molar-refractivity contribution in [2.24, 2.45) is 11.8 Å². The Morgan fingerprint density at radius 1 is 1.03 bits per heavy atom. The second kappa shape index (κ2) is 13.2. The van der Waals surface area contributed by atoms with E-state index in [0.29, 0.717) is 23.8 Å². The number of hydrogen-bond donors (Lipinski definition) is 2. The van der Waals surface area contributed by atoms with Crippen LogP contribution in [0.4, 0.5) is 0 Å². The van der Waals surface area contributed by atoms with Crippen molar-refractivity contribution < 1.29 is 14.6 Å². The molecule has 0 spiro atoms. The van der Waals surface area contributed by atoms with Crippen molar-refractivity contribution in [1.82, 2.24) is 4.98 Å². The molecule has 0 unspecified atom stereocenters. The van der Waals surface area contributed by atoms with E-state index in [0.717, 1.165) is 23.3 Å². The molecule has 33 heavy (non-hydrogen) atoms. The van der Waals surface area contributed by atoms with Gasteiger partial charge in [0.15, 0.2) is 0 Å². The number of ether oxygens (including phenoxy) is 2. The van der Waals surface area contributed by atoms with Crippen molar-refractivity contribution in [3.63, 3.8) is 0 Å². The van der Waals surface area contributed by atoms with E-state index < -0.39 is 6.10 Å². The summed E-state index contributed by atoms with van der Waals surface area (Å²) in [6, 6.07) is 0. The smallest absolute Gasteiger partial charge is 0.238 e. The Hall–Kier alpha value is -2.53. The van der Waals surface area contributed by atoms with Gasteiger partial charge in [-0.25, -0.2) is 0 Å². The third-order valence-corrected chi connectivity index (χ3v) is 5.65. The standard InChI is InChI=1S/C28H43NO4/c1-17(2)13-21(6)25(30)22(7)16-20(5)15-19(4)14-18(3)11-12-24-23(8)26(31)27(32-9)28(29-24)33-10/h11,13,15-17,22,25,30H,12,14H2,1-10H3,(H,29,31)/t22-,25-/m0/s1. The fourth-order valence-corrected chi connectivity index (χ4v) is 4.05. The van der Waals surface area contributed by atoms with Gasteiger partial charge in [-0.15, -0.1) is 0 Å². The molecule has 5 nitrogen and oxygen atoms in total. The zero-order valence-corrected chi connectivity index (χ0v) is 22.1. The predicted molar refractivity (Wildman–Crippen MR) is 138 cm³/mol. The van der Waals surface area contributed by atoms with Gasteiger partial charge in [0.1, 0.15) is 0 Å². The molecule has 1 aromatic rings. The van der Waals surface area contributed by atoms with Crippen LogP contribution in [0.3, 0.4) is 0 Å². The van der Waals surface area contributed by atoms with E-state index in [9.17, 15) is 9.90 Å². The molecule has 0 aliphatic heterocycles. The van der Waals surface area contributed by atoms with Crippen molar-refractivity contribution in [1.29, 1.82) is 0 Å². The monoisotopic (exact) mass is 457 g/mol. The summed E-state index contributed by atoms with van der Waals surface area (Å²) in [5, 5.41) is 10.6. The average molecular weight is 458 g/mol. The Labute approximate surface area is 199 Å². The van der Waals surface area contributed by atoms with Crippen LogP contribution in [0.2, 0.25) is 0 Å². The van der Waals surface area contributed by atoms with Crippen molar-refractivity contribution in [2.45, 2.75) is 74.3 Å². The molecule has 0 saturated carbocycles. The number of H-pyrrole nitrogens is 1. The number of aliphatic hydroxyl groups is 1. The molecule has 0 aliphatic rings. The molecule has 0 fully saturated rings. The van der Waals surface area contributed by atoms with Gasteiger partial charge in [-0.2, -0.15) is 0 Å². The first-order valence-corrected chi connectivity index (χ1v) is 11.6. The molecule has 1 heterocycles. The molecule has 184 valence electrons. The number of aliphatic hydroxyl groups excluding tert-OH is 1. The van der Waals surface area contributed by atoms with Crippen LogP contribution >= 0.6 is 0 Å². The molecule has 2 N–H and O–H groups in total. The van der Waals surface area contributed by atoms with Gasteiger partial charge in [-0.05, 0) is 52.5 Å². The van der Waals surface area contributed by atoms with E-state index in [1.165, 1.54) is 25.4 Å². The molecular weight excluding hydrogens is 414 g/mol. The van der Waals surface area contributed by atoms with E-state index in [-0.39, 0.29) is 17.1 Å². The Bertz CT molecular complexity index is 976. The highest BCUT2D eigenvalue weighted by Crippen LogP contribution is 2.23. The Kier molecular flexibility index (Phi) is 11.4. The van der Waals surface area contributed by atoms with Crippen LogP contribution in [0, 0.1) is 18.8 Å². The first kappa shape index (κ1) is 28.5. The quantitative estimate of drug-likeness (QED) is 0.312. The molecule has 0 aromatic carbocycles. The SMILES string of the molecule is COc1[nH]c(CC=C(C)CC(C)=CC(C)=C[C@H](C)[C@@H](O)C(C)=CC(C)C)c(C)c(=O)c1OC. The number of nitrogens with one attached hydrogen (secondary N) is 1. The molecule has 1 rings (SSSR count). The van der Waals surface area contributed by atoms with Crippen molar-refractivity contribution in [3.05, 3.63) is 68.1 Å². The lowest BCUT2D eigenvalue weighted by Crippen LogP contribution is -2.17. The zero-order chi connectivity index (χ0) is 25.3. The maximum Gasteiger partial charge on any atom is 0.238 e. The number of aromatic amines is 1. The summed E-state index contributed by atoms with van der Waals surface area (Å²) in [5.41, 5.74) is 5.93. The molecule has 0 radical (unpaired) electrons. The molecule has 0 bridgehead atoms. The summed E-state index contributed by atoms with van der Waals surface area (Å²) >= 11 is 0. The van der Waals surface area contributed by atoms with E-state index in [4.69, 9.17) is 9.47 Å². The van der Waals surface area contributed by atoms with Crippen LogP contribution in [0.15, 0.2) is 51.4 Å². The van der Waals surface area contributed by atoms with Gasteiger partial charge in [-0.1, -0.05) is 61.8 Å². The third kappa shape index (κ3) is 8.73. The highest BCUT2D eigenvalue weighted by atomic mass is 16.5. The molecule has 1 aromatic heterocycles. The highest BCUT2D eigenvalue weighted by Gasteiger charge is 2.15. The van der Waals surface area contributed by atoms with Crippen molar-refractivity contribution in [2.75, 3.05) is 14.2 Å². The maximum atomic E-state index is 12.5. The van der Waals surface area contributed by atoms with Crippen LogP contribution in [0.1, 0.15) is 66.1 Å². The molecule has 2 atom stereocenters. The topological polar surface area (TPSA) is 71.5 Å². The van der Waals surface area contributed by atoms with Crippen molar-refractivity contribution in [3.8, 4) is 11.6 Å². The van der Waals surface area contributed by atoms with Gasteiger partial charge in [0.05, 0.1) is 20.3 Å². The van der Waals surface area contributed by atoms with Gasteiger partial charge < -0.3 is 19.6 Å². The minimum Gasteiger partial charge on any atom is -0.488 e. The second-order valence-corrected chi connectivity index (χ2v) is 9.42. The number of allylic oxidation sites excluding steroid dienone is 6.